The van der Waals surface area contributed by atoms with Crippen molar-refractivity contribution < 1.29 is 23.9 Å². The SMILES string of the molecule is CC[C@@H](C)c1ccc(NC(=O)COC(=O)[C@H](C)N2C(=O)c3ccccc3C2=O)cc1. The second kappa shape index (κ2) is 8.90. The van der Waals surface area contributed by atoms with Crippen molar-refractivity contribution in [2.45, 2.75) is 39.2 Å². The van der Waals surface area contributed by atoms with Crippen LogP contribution in [0.3, 0.4) is 0 Å². The Bertz CT molecular complexity index is 948. The number of amides is 3. The highest BCUT2D eigenvalue weighted by Crippen LogP contribution is 2.25. The molecule has 0 aliphatic carbocycles. The molecular weight excluding hydrogens is 384 g/mol. The molecular formula is C23H24N2O5. The number of ether oxygens (including phenoxy) is 1. The molecule has 30 heavy (non-hydrogen) atoms. The quantitative estimate of drug-likeness (QED) is 0.560. The molecule has 0 aromatic heterocycles. The van der Waals surface area contributed by atoms with E-state index in [-0.39, 0.29) is 11.1 Å². The maximum absolute atomic E-state index is 12.4. The molecule has 0 radical (unpaired) electrons. The minimum atomic E-state index is -1.14. The van der Waals surface area contributed by atoms with E-state index in [4.69, 9.17) is 4.74 Å². The molecule has 3 amide bonds. The number of imide groups is 1. The van der Waals surface area contributed by atoms with Crippen LogP contribution in [0.5, 0.6) is 0 Å². The lowest BCUT2D eigenvalue weighted by Gasteiger charge is -2.20. The Kier molecular flexibility index (Phi) is 6.30. The summed E-state index contributed by atoms with van der Waals surface area (Å²) in [5, 5.41) is 2.66. The molecule has 2 aromatic rings. The molecule has 3 rings (SSSR count). The first kappa shape index (κ1) is 21.2. The summed E-state index contributed by atoms with van der Waals surface area (Å²) in [6.45, 7) is 5.12. The zero-order valence-electron chi connectivity index (χ0n) is 17.2. The maximum Gasteiger partial charge on any atom is 0.329 e. The summed E-state index contributed by atoms with van der Waals surface area (Å²) >= 11 is 0. The molecule has 1 aliphatic heterocycles. The van der Waals surface area contributed by atoms with Gasteiger partial charge in [0.25, 0.3) is 17.7 Å². The van der Waals surface area contributed by atoms with Crippen LogP contribution in [0.1, 0.15) is 59.4 Å². The Balaban J connectivity index is 1.54. The summed E-state index contributed by atoms with van der Waals surface area (Å²) in [5.41, 5.74) is 2.27. The third kappa shape index (κ3) is 4.25. The van der Waals surface area contributed by atoms with Crippen LogP contribution in [0.25, 0.3) is 0 Å². The van der Waals surface area contributed by atoms with Gasteiger partial charge in [-0.25, -0.2) is 4.79 Å². The van der Waals surface area contributed by atoms with Crippen LogP contribution in [0.2, 0.25) is 0 Å². The first-order chi connectivity index (χ1) is 14.3. The van der Waals surface area contributed by atoms with E-state index >= 15 is 0 Å². The second-order valence-corrected chi connectivity index (χ2v) is 7.29. The van der Waals surface area contributed by atoms with Crippen molar-refractivity contribution in [2.24, 2.45) is 0 Å². The average molecular weight is 408 g/mol. The van der Waals surface area contributed by atoms with Gasteiger partial charge in [-0.15, -0.1) is 0 Å². The molecule has 1 heterocycles. The Hall–Kier alpha value is -3.48. The first-order valence-corrected chi connectivity index (χ1v) is 9.86. The lowest BCUT2D eigenvalue weighted by Crippen LogP contribution is -2.44. The van der Waals surface area contributed by atoms with Crippen molar-refractivity contribution in [3.05, 3.63) is 65.2 Å². The van der Waals surface area contributed by atoms with Crippen LogP contribution in [0.15, 0.2) is 48.5 Å². The molecule has 0 spiro atoms. The van der Waals surface area contributed by atoms with E-state index in [1.54, 1.807) is 24.3 Å². The highest BCUT2D eigenvalue weighted by Gasteiger charge is 2.41. The van der Waals surface area contributed by atoms with Gasteiger partial charge in [-0.2, -0.15) is 0 Å². The number of carbonyl (C=O) groups excluding carboxylic acids is 4. The minimum Gasteiger partial charge on any atom is -0.454 e. The largest absolute Gasteiger partial charge is 0.454 e. The standard InChI is InChI=1S/C23H24N2O5/c1-4-14(2)16-9-11-17(12-10-16)24-20(26)13-30-23(29)15(3)25-21(27)18-7-5-6-8-19(18)22(25)28/h5-12,14-15H,4,13H2,1-3H3,(H,24,26)/t14-,15+/m1/s1. The van der Waals surface area contributed by atoms with Crippen molar-refractivity contribution in [1.29, 1.82) is 0 Å². The van der Waals surface area contributed by atoms with Gasteiger partial charge in [0.05, 0.1) is 11.1 Å². The molecule has 0 unspecified atom stereocenters. The number of anilines is 1. The average Bonchev–Trinajstić information content (AvgIpc) is 3.02. The molecule has 2 aromatic carbocycles. The number of hydrogen-bond acceptors (Lipinski definition) is 5. The van der Waals surface area contributed by atoms with Gasteiger partial charge < -0.3 is 10.1 Å². The van der Waals surface area contributed by atoms with Gasteiger partial charge in [-0.05, 0) is 49.1 Å². The predicted octanol–water partition coefficient (Wildman–Crippen LogP) is 3.37. The van der Waals surface area contributed by atoms with Gasteiger partial charge in [0, 0.05) is 5.69 Å². The van der Waals surface area contributed by atoms with Gasteiger partial charge in [0.1, 0.15) is 6.04 Å². The molecule has 1 aliphatic rings. The van der Waals surface area contributed by atoms with Crippen LogP contribution in [-0.4, -0.2) is 41.2 Å². The molecule has 0 bridgehead atoms. The van der Waals surface area contributed by atoms with Gasteiger partial charge in [-0.1, -0.05) is 38.1 Å². The summed E-state index contributed by atoms with van der Waals surface area (Å²) in [4.78, 5) is 50.2. The summed E-state index contributed by atoms with van der Waals surface area (Å²) in [7, 11) is 0. The smallest absolute Gasteiger partial charge is 0.329 e. The zero-order valence-corrected chi connectivity index (χ0v) is 17.2. The number of benzene rings is 2. The number of carbonyl (C=O) groups is 4. The topological polar surface area (TPSA) is 92.8 Å². The number of fused-ring (bicyclic) bond motifs is 1. The zero-order chi connectivity index (χ0) is 21.8. The Morgan fingerprint density at radius 3 is 2.07 bits per heavy atom. The fourth-order valence-corrected chi connectivity index (χ4v) is 3.25. The fourth-order valence-electron chi connectivity index (χ4n) is 3.25. The number of nitrogens with zero attached hydrogens (tertiary/aromatic N) is 1. The number of hydrogen-bond donors (Lipinski definition) is 1. The second-order valence-electron chi connectivity index (χ2n) is 7.29. The van der Waals surface area contributed by atoms with Crippen molar-refractivity contribution in [3.8, 4) is 0 Å². The Morgan fingerprint density at radius 1 is 0.967 bits per heavy atom. The molecule has 0 saturated carbocycles. The normalized spacial score (nSPS) is 14.8. The maximum atomic E-state index is 12.4. The molecule has 0 fully saturated rings. The predicted molar refractivity (Wildman–Crippen MR) is 111 cm³/mol. The van der Waals surface area contributed by atoms with E-state index in [1.807, 2.05) is 12.1 Å². The van der Waals surface area contributed by atoms with Crippen molar-refractivity contribution in [2.75, 3.05) is 11.9 Å². The van der Waals surface area contributed by atoms with Crippen molar-refractivity contribution in [1.82, 2.24) is 4.90 Å². The van der Waals surface area contributed by atoms with Crippen LogP contribution < -0.4 is 5.32 Å². The highest BCUT2D eigenvalue weighted by molar-refractivity contribution is 6.22. The summed E-state index contributed by atoms with van der Waals surface area (Å²) < 4.78 is 5.03. The molecule has 7 heteroatoms. The molecule has 0 saturated heterocycles. The van der Waals surface area contributed by atoms with E-state index in [9.17, 15) is 19.2 Å². The van der Waals surface area contributed by atoms with Crippen LogP contribution >= 0.6 is 0 Å². The van der Waals surface area contributed by atoms with E-state index in [2.05, 4.69) is 19.2 Å². The lowest BCUT2D eigenvalue weighted by atomic mass is 9.99. The first-order valence-electron chi connectivity index (χ1n) is 9.86. The minimum absolute atomic E-state index is 0.251. The highest BCUT2D eigenvalue weighted by atomic mass is 16.5. The van der Waals surface area contributed by atoms with E-state index in [0.29, 0.717) is 11.6 Å². The van der Waals surface area contributed by atoms with Gasteiger partial charge >= 0.3 is 5.97 Å². The number of nitrogens with one attached hydrogen (secondary N) is 1. The van der Waals surface area contributed by atoms with Crippen molar-refractivity contribution >= 4 is 29.4 Å². The Morgan fingerprint density at radius 2 is 1.53 bits per heavy atom. The summed E-state index contributed by atoms with van der Waals surface area (Å²) in [5.74, 6) is -2.00. The van der Waals surface area contributed by atoms with E-state index in [0.717, 1.165) is 11.3 Å². The van der Waals surface area contributed by atoms with Gasteiger partial charge in [0.2, 0.25) is 0 Å². The van der Waals surface area contributed by atoms with Crippen molar-refractivity contribution in [3.63, 3.8) is 0 Å². The van der Waals surface area contributed by atoms with Crippen LogP contribution in [0, 0.1) is 0 Å². The van der Waals surface area contributed by atoms with E-state index < -0.39 is 36.3 Å². The third-order valence-corrected chi connectivity index (χ3v) is 5.28. The van der Waals surface area contributed by atoms with Crippen LogP contribution in [-0.2, 0) is 14.3 Å². The monoisotopic (exact) mass is 408 g/mol. The number of esters is 1. The Labute approximate surface area is 175 Å². The molecule has 156 valence electrons. The number of rotatable bonds is 7. The summed E-state index contributed by atoms with van der Waals surface area (Å²) in [6, 6.07) is 12.7. The third-order valence-electron chi connectivity index (χ3n) is 5.28. The fraction of sp³-hybridized carbons (Fsp3) is 0.304. The molecule has 2 atom stereocenters. The van der Waals surface area contributed by atoms with E-state index in [1.165, 1.54) is 24.6 Å². The lowest BCUT2D eigenvalue weighted by molar-refractivity contribution is -0.150. The van der Waals surface area contributed by atoms with Gasteiger partial charge in [-0.3, -0.25) is 19.3 Å². The summed E-state index contributed by atoms with van der Waals surface area (Å²) in [6.07, 6.45) is 1.02. The molecule has 7 nitrogen and oxygen atoms in total. The van der Waals surface area contributed by atoms with Crippen LogP contribution in [0.4, 0.5) is 5.69 Å². The van der Waals surface area contributed by atoms with Gasteiger partial charge in [0.15, 0.2) is 6.61 Å². The molecule has 1 N–H and O–H groups in total.